The van der Waals surface area contributed by atoms with Crippen LogP contribution in [0, 0.1) is 0 Å². The number of amides is 3. The highest BCUT2D eigenvalue weighted by Gasteiger charge is 2.07. The van der Waals surface area contributed by atoms with Crippen LogP contribution < -0.4 is 16.0 Å². The molecule has 24 heavy (non-hydrogen) atoms. The van der Waals surface area contributed by atoms with Crippen LogP contribution in [0.15, 0.2) is 54.9 Å². The molecule has 3 N–H and O–H groups in total. The van der Waals surface area contributed by atoms with Crippen molar-refractivity contribution in [3.63, 3.8) is 0 Å². The second-order valence-electron chi connectivity index (χ2n) is 4.90. The Morgan fingerprint density at radius 3 is 2.17 bits per heavy atom. The van der Waals surface area contributed by atoms with Crippen LogP contribution in [0.5, 0.6) is 0 Å². The lowest BCUT2D eigenvalue weighted by Gasteiger charge is -2.08. The van der Waals surface area contributed by atoms with E-state index in [4.69, 9.17) is 0 Å². The van der Waals surface area contributed by atoms with E-state index in [1.165, 1.54) is 6.20 Å². The maximum Gasteiger partial charge on any atom is 0.252 e. The molecule has 0 spiro atoms. The van der Waals surface area contributed by atoms with Gasteiger partial charge in [0.25, 0.3) is 11.8 Å². The summed E-state index contributed by atoms with van der Waals surface area (Å²) in [4.78, 5) is 39.0. The summed E-state index contributed by atoms with van der Waals surface area (Å²) >= 11 is 0. The molecular formula is C17H18N4O3. The summed E-state index contributed by atoms with van der Waals surface area (Å²) < 4.78 is 0. The van der Waals surface area contributed by atoms with Crippen LogP contribution in [0.1, 0.15) is 20.7 Å². The van der Waals surface area contributed by atoms with Crippen LogP contribution >= 0.6 is 0 Å². The molecule has 2 aromatic rings. The van der Waals surface area contributed by atoms with E-state index in [-0.39, 0.29) is 37.4 Å². The topological polar surface area (TPSA) is 100 Å². The van der Waals surface area contributed by atoms with Gasteiger partial charge in [0.15, 0.2) is 0 Å². The van der Waals surface area contributed by atoms with Crippen molar-refractivity contribution in [1.82, 2.24) is 20.9 Å². The van der Waals surface area contributed by atoms with E-state index in [0.29, 0.717) is 11.1 Å². The van der Waals surface area contributed by atoms with Crippen molar-refractivity contribution in [2.75, 3.05) is 19.6 Å². The molecule has 0 radical (unpaired) electrons. The van der Waals surface area contributed by atoms with Crippen LogP contribution in [0.3, 0.4) is 0 Å². The highest BCUT2D eigenvalue weighted by molar-refractivity contribution is 5.96. The summed E-state index contributed by atoms with van der Waals surface area (Å²) in [5, 5.41) is 7.80. The second-order valence-corrected chi connectivity index (χ2v) is 4.90. The molecule has 0 aliphatic heterocycles. The lowest BCUT2D eigenvalue weighted by molar-refractivity contribution is -0.120. The van der Waals surface area contributed by atoms with Crippen molar-refractivity contribution in [3.8, 4) is 0 Å². The molecular weight excluding hydrogens is 308 g/mol. The molecule has 2 rings (SSSR count). The summed E-state index contributed by atoms with van der Waals surface area (Å²) in [6, 6.07) is 12.0. The van der Waals surface area contributed by atoms with E-state index in [1.54, 1.807) is 42.6 Å². The Kier molecular flexibility index (Phi) is 6.46. The smallest absolute Gasteiger partial charge is 0.252 e. The molecule has 3 amide bonds. The van der Waals surface area contributed by atoms with Crippen LogP contribution in [0.25, 0.3) is 0 Å². The third-order valence-corrected chi connectivity index (χ3v) is 3.10. The zero-order valence-electron chi connectivity index (χ0n) is 13.0. The Balaban J connectivity index is 1.62. The highest BCUT2D eigenvalue weighted by atomic mass is 16.2. The standard InChI is InChI=1S/C17H18N4O3/c22-15(12-21-16(23)13-5-2-1-3-6-13)19-9-10-20-17(24)14-7-4-8-18-11-14/h1-8,11H,9-10,12H2,(H,19,22)(H,20,24)(H,21,23). The molecule has 7 heteroatoms. The normalized spacial score (nSPS) is 9.83. The summed E-state index contributed by atoms with van der Waals surface area (Å²) in [5.74, 6) is -0.889. The molecule has 0 aliphatic rings. The molecule has 0 saturated heterocycles. The molecule has 0 atom stereocenters. The van der Waals surface area contributed by atoms with Gasteiger partial charge in [-0.3, -0.25) is 19.4 Å². The van der Waals surface area contributed by atoms with E-state index in [1.807, 2.05) is 6.07 Å². The summed E-state index contributed by atoms with van der Waals surface area (Å²) in [5.41, 5.74) is 0.952. The fourth-order valence-electron chi connectivity index (χ4n) is 1.89. The van der Waals surface area contributed by atoms with Gasteiger partial charge in [0, 0.05) is 31.0 Å². The van der Waals surface area contributed by atoms with Gasteiger partial charge in [0.05, 0.1) is 12.1 Å². The number of carbonyl (C=O) groups excluding carboxylic acids is 3. The highest BCUT2D eigenvalue weighted by Crippen LogP contribution is 1.97. The molecule has 0 unspecified atom stereocenters. The van der Waals surface area contributed by atoms with Crippen LogP contribution in [-0.4, -0.2) is 42.3 Å². The molecule has 1 heterocycles. The zero-order valence-corrected chi connectivity index (χ0v) is 13.0. The number of aromatic nitrogens is 1. The van der Waals surface area contributed by atoms with E-state index in [0.717, 1.165) is 0 Å². The number of pyridine rings is 1. The lowest BCUT2D eigenvalue weighted by Crippen LogP contribution is -2.40. The number of hydrogen-bond acceptors (Lipinski definition) is 4. The molecule has 1 aromatic carbocycles. The largest absolute Gasteiger partial charge is 0.353 e. The predicted octanol–water partition coefficient (Wildman–Crippen LogP) is 0.358. The number of benzene rings is 1. The van der Waals surface area contributed by atoms with Gasteiger partial charge in [0.1, 0.15) is 0 Å². The Morgan fingerprint density at radius 1 is 0.792 bits per heavy atom. The van der Waals surface area contributed by atoms with Gasteiger partial charge in [0.2, 0.25) is 5.91 Å². The quantitative estimate of drug-likeness (QED) is 0.640. The molecule has 0 saturated carbocycles. The fraction of sp³-hybridized carbons (Fsp3) is 0.176. The number of nitrogens with one attached hydrogen (secondary N) is 3. The Morgan fingerprint density at radius 2 is 1.46 bits per heavy atom. The van der Waals surface area contributed by atoms with Gasteiger partial charge in [-0.1, -0.05) is 18.2 Å². The monoisotopic (exact) mass is 326 g/mol. The second kappa shape index (κ2) is 9.04. The van der Waals surface area contributed by atoms with Gasteiger partial charge >= 0.3 is 0 Å². The minimum absolute atomic E-state index is 0.121. The SMILES string of the molecule is O=C(CNC(=O)c1ccccc1)NCCNC(=O)c1cccnc1. The number of nitrogens with zero attached hydrogens (tertiary/aromatic N) is 1. The average molecular weight is 326 g/mol. The van der Waals surface area contributed by atoms with Crippen LogP contribution in [-0.2, 0) is 4.79 Å². The number of hydrogen-bond donors (Lipinski definition) is 3. The van der Waals surface area contributed by atoms with Crippen molar-refractivity contribution in [1.29, 1.82) is 0 Å². The van der Waals surface area contributed by atoms with Crippen molar-refractivity contribution in [2.45, 2.75) is 0 Å². The fourth-order valence-corrected chi connectivity index (χ4v) is 1.89. The third kappa shape index (κ3) is 5.53. The Hall–Kier alpha value is -3.22. The first-order chi connectivity index (χ1) is 11.7. The summed E-state index contributed by atoms with van der Waals surface area (Å²) in [6.07, 6.45) is 3.05. The molecule has 7 nitrogen and oxygen atoms in total. The summed E-state index contributed by atoms with van der Waals surface area (Å²) in [7, 11) is 0. The van der Waals surface area contributed by atoms with E-state index < -0.39 is 0 Å². The van der Waals surface area contributed by atoms with Crippen molar-refractivity contribution >= 4 is 17.7 Å². The van der Waals surface area contributed by atoms with Gasteiger partial charge in [-0.2, -0.15) is 0 Å². The average Bonchev–Trinajstić information content (AvgIpc) is 2.64. The van der Waals surface area contributed by atoms with E-state index >= 15 is 0 Å². The van der Waals surface area contributed by atoms with Gasteiger partial charge in [-0.05, 0) is 24.3 Å². The zero-order chi connectivity index (χ0) is 17.2. The van der Waals surface area contributed by atoms with Crippen molar-refractivity contribution in [2.24, 2.45) is 0 Å². The van der Waals surface area contributed by atoms with Crippen LogP contribution in [0.2, 0.25) is 0 Å². The first-order valence-electron chi connectivity index (χ1n) is 7.45. The van der Waals surface area contributed by atoms with Crippen molar-refractivity contribution in [3.05, 3.63) is 66.0 Å². The van der Waals surface area contributed by atoms with Crippen molar-refractivity contribution < 1.29 is 14.4 Å². The van der Waals surface area contributed by atoms with Gasteiger partial charge in [-0.15, -0.1) is 0 Å². The van der Waals surface area contributed by atoms with E-state index in [2.05, 4.69) is 20.9 Å². The number of rotatable bonds is 7. The molecule has 0 aliphatic carbocycles. The maximum absolute atomic E-state index is 11.8. The lowest BCUT2D eigenvalue weighted by atomic mass is 10.2. The Bertz CT molecular complexity index is 689. The molecule has 0 fully saturated rings. The molecule has 124 valence electrons. The first-order valence-corrected chi connectivity index (χ1v) is 7.45. The van der Waals surface area contributed by atoms with Gasteiger partial charge < -0.3 is 16.0 Å². The maximum atomic E-state index is 11.8. The molecule has 0 bridgehead atoms. The van der Waals surface area contributed by atoms with Crippen LogP contribution in [0.4, 0.5) is 0 Å². The van der Waals surface area contributed by atoms with Gasteiger partial charge in [-0.25, -0.2) is 0 Å². The summed E-state index contributed by atoms with van der Waals surface area (Å²) in [6.45, 7) is 0.433. The molecule has 1 aromatic heterocycles. The number of carbonyl (C=O) groups is 3. The Labute approximate surface area is 139 Å². The first kappa shape index (κ1) is 17.1. The minimum atomic E-state index is -0.324. The predicted molar refractivity (Wildman–Crippen MR) is 88.4 cm³/mol. The van der Waals surface area contributed by atoms with E-state index in [9.17, 15) is 14.4 Å². The minimum Gasteiger partial charge on any atom is -0.353 e. The third-order valence-electron chi connectivity index (χ3n) is 3.10.